The summed E-state index contributed by atoms with van der Waals surface area (Å²) in [4.78, 5) is 10.5. The van der Waals surface area contributed by atoms with Crippen LogP contribution in [0.4, 0.5) is 11.4 Å². The van der Waals surface area contributed by atoms with Gasteiger partial charge in [-0.3, -0.25) is 10.1 Å². The van der Waals surface area contributed by atoms with Crippen LogP contribution in [0.3, 0.4) is 0 Å². The summed E-state index contributed by atoms with van der Waals surface area (Å²) in [6.07, 6.45) is 3.35. The summed E-state index contributed by atoms with van der Waals surface area (Å²) in [5.41, 5.74) is 1.78. The van der Waals surface area contributed by atoms with Gasteiger partial charge in [-0.2, -0.15) is 0 Å². The molecule has 1 heterocycles. The van der Waals surface area contributed by atoms with Gasteiger partial charge in [-0.05, 0) is 61.3 Å². The lowest BCUT2D eigenvalue weighted by Crippen LogP contribution is -2.21. The van der Waals surface area contributed by atoms with E-state index in [-0.39, 0.29) is 10.6 Å². The minimum absolute atomic E-state index is 0.153. The van der Waals surface area contributed by atoms with E-state index >= 15 is 0 Å². The molecule has 0 aromatic heterocycles. The smallest absolute Gasteiger partial charge is 0.273 e. The lowest BCUT2D eigenvalue weighted by molar-refractivity contribution is -0.385. The maximum atomic E-state index is 10.9. The number of nitro groups is 1. The van der Waals surface area contributed by atoms with Crippen LogP contribution in [0.1, 0.15) is 24.8 Å². The molecule has 0 bridgehead atoms. The zero-order chi connectivity index (χ0) is 13.8. The van der Waals surface area contributed by atoms with Crippen molar-refractivity contribution in [3.05, 3.63) is 32.3 Å². The van der Waals surface area contributed by atoms with Crippen LogP contribution in [0.15, 0.2) is 16.6 Å². The van der Waals surface area contributed by atoms with Gasteiger partial charge < -0.3 is 10.6 Å². The molecule has 0 amide bonds. The fourth-order valence-electron chi connectivity index (χ4n) is 2.36. The highest BCUT2D eigenvalue weighted by Crippen LogP contribution is 2.31. The first-order valence-corrected chi connectivity index (χ1v) is 7.29. The Morgan fingerprint density at radius 1 is 1.42 bits per heavy atom. The molecule has 1 aromatic carbocycles. The number of anilines is 1. The van der Waals surface area contributed by atoms with Crippen LogP contribution < -0.4 is 10.6 Å². The van der Waals surface area contributed by atoms with Crippen LogP contribution >= 0.6 is 15.9 Å². The van der Waals surface area contributed by atoms with Crippen molar-refractivity contribution in [3.63, 3.8) is 0 Å². The van der Waals surface area contributed by atoms with Crippen molar-refractivity contribution in [1.82, 2.24) is 5.32 Å². The predicted octanol–water partition coefficient (Wildman–Crippen LogP) is 3.22. The molecule has 1 unspecified atom stereocenters. The van der Waals surface area contributed by atoms with Crippen molar-refractivity contribution < 1.29 is 4.92 Å². The third kappa shape index (κ3) is 3.67. The zero-order valence-corrected chi connectivity index (χ0v) is 12.5. The van der Waals surface area contributed by atoms with Gasteiger partial charge in [0.2, 0.25) is 0 Å². The number of aryl methyl sites for hydroxylation is 1. The number of halogens is 1. The van der Waals surface area contributed by atoms with Crippen molar-refractivity contribution in [2.45, 2.75) is 32.2 Å². The fourth-order valence-corrected chi connectivity index (χ4v) is 2.81. The SMILES string of the molecule is Cc1cc(NC2CCCNCC2)c(Br)cc1[N+](=O)[O-]. The first-order valence-electron chi connectivity index (χ1n) is 6.49. The van der Waals surface area contributed by atoms with Crippen molar-refractivity contribution in [1.29, 1.82) is 0 Å². The quantitative estimate of drug-likeness (QED) is 0.660. The Labute approximate surface area is 121 Å². The maximum absolute atomic E-state index is 10.9. The number of hydrogen-bond donors (Lipinski definition) is 2. The van der Waals surface area contributed by atoms with E-state index in [0.717, 1.165) is 42.5 Å². The second kappa shape index (κ2) is 6.34. The second-order valence-electron chi connectivity index (χ2n) is 4.90. The minimum Gasteiger partial charge on any atom is -0.381 e. The zero-order valence-electron chi connectivity index (χ0n) is 10.9. The van der Waals surface area contributed by atoms with Crippen molar-refractivity contribution in [2.24, 2.45) is 0 Å². The molecule has 1 aromatic rings. The van der Waals surface area contributed by atoms with Gasteiger partial charge in [0.15, 0.2) is 0 Å². The standard InChI is InChI=1S/C13H18BrN3O2/c1-9-7-12(11(14)8-13(9)17(18)19)16-10-3-2-5-15-6-4-10/h7-8,10,15-16H,2-6H2,1H3. The lowest BCUT2D eigenvalue weighted by Gasteiger charge is -2.19. The Kier molecular flexibility index (Phi) is 4.76. The van der Waals surface area contributed by atoms with Gasteiger partial charge in [-0.25, -0.2) is 0 Å². The van der Waals surface area contributed by atoms with E-state index in [2.05, 4.69) is 26.6 Å². The van der Waals surface area contributed by atoms with E-state index in [1.807, 2.05) is 6.07 Å². The summed E-state index contributed by atoms with van der Waals surface area (Å²) in [6.45, 7) is 3.85. The van der Waals surface area contributed by atoms with Gasteiger partial charge >= 0.3 is 0 Å². The fraction of sp³-hybridized carbons (Fsp3) is 0.538. The van der Waals surface area contributed by atoms with E-state index < -0.39 is 0 Å². The molecule has 5 nitrogen and oxygen atoms in total. The van der Waals surface area contributed by atoms with Crippen LogP contribution in [0, 0.1) is 17.0 Å². The summed E-state index contributed by atoms with van der Waals surface area (Å²) < 4.78 is 0.752. The minimum atomic E-state index is -0.348. The number of rotatable bonds is 3. The molecule has 1 atom stereocenters. The van der Waals surface area contributed by atoms with Crippen molar-refractivity contribution in [3.8, 4) is 0 Å². The molecular weight excluding hydrogens is 310 g/mol. The normalized spacial score (nSPS) is 19.8. The first-order chi connectivity index (χ1) is 9.08. The third-order valence-electron chi connectivity index (χ3n) is 3.42. The highest BCUT2D eigenvalue weighted by molar-refractivity contribution is 9.10. The topological polar surface area (TPSA) is 67.2 Å². The van der Waals surface area contributed by atoms with Crippen LogP contribution in [0.2, 0.25) is 0 Å². The molecule has 0 saturated carbocycles. The molecule has 6 heteroatoms. The van der Waals surface area contributed by atoms with Gasteiger partial charge in [0.25, 0.3) is 5.69 Å². The number of nitro benzene ring substituents is 1. The summed E-state index contributed by atoms with van der Waals surface area (Å²) >= 11 is 3.41. The Morgan fingerprint density at radius 2 is 2.21 bits per heavy atom. The predicted molar refractivity (Wildman–Crippen MR) is 79.7 cm³/mol. The molecule has 0 radical (unpaired) electrons. The molecule has 104 valence electrons. The molecule has 1 aliphatic rings. The molecule has 0 aliphatic carbocycles. The number of nitrogens with zero attached hydrogens (tertiary/aromatic N) is 1. The van der Waals surface area contributed by atoms with Crippen LogP contribution in [0.5, 0.6) is 0 Å². The summed E-state index contributed by atoms with van der Waals surface area (Å²) in [7, 11) is 0. The molecule has 19 heavy (non-hydrogen) atoms. The van der Waals surface area contributed by atoms with E-state index in [1.54, 1.807) is 13.0 Å². The largest absolute Gasteiger partial charge is 0.381 e. The van der Waals surface area contributed by atoms with Crippen molar-refractivity contribution >= 4 is 27.3 Å². The average molecular weight is 328 g/mol. The molecule has 2 N–H and O–H groups in total. The number of benzene rings is 1. The molecule has 1 fully saturated rings. The molecule has 0 spiro atoms. The van der Waals surface area contributed by atoms with Gasteiger partial charge in [0.05, 0.1) is 4.92 Å². The molecule has 2 rings (SSSR count). The third-order valence-corrected chi connectivity index (χ3v) is 4.07. The highest BCUT2D eigenvalue weighted by Gasteiger charge is 2.17. The maximum Gasteiger partial charge on any atom is 0.273 e. The summed E-state index contributed by atoms with van der Waals surface area (Å²) in [6, 6.07) is 3.85. The van der Waals surface area contributed by atoms with Crippen LogP contribution in [-0.4, -0.2) is 24.1 Å². The van der Waals surface area contributed by atoms with Crippen molar-refractivity contribution in [2.75, 3.05) is 18.4 Å². The van der Waals surface area contributed by atoms with E-state index in [4.69, 9.17) is 0 Å². The number of hydrogen-bond acceptors (Lipinski definition) is 4. The van der Waals surface area contributed by atoms with E-state index in [0.29, 0.717) is 11.6 Å². The monoisotopic (exact) mass is 327 g/mol. The van der Waals surface area contributed by atoms with E-state index in [9.17, 15) is 10.1 Å². The number of nitrogens with one attached hydrogen (secondary N) is 2. The van der Waals surface area contributed by atoms with Crippen LogP contribution in [0.25, 0.3) is 0 Å². The summed E-state index contributed by atoms with van der Waals surface area (Å²) in [5, 5.41) is 17.7. The summed E-state index contributed by atoms with van der Waals surface area (Å²) in [5.74, 6) is 0. The Balaban J connectivity index is 2.16. The highest BCUT2D eigenvalue weighted by atomic mass is 79.9. The van der Waals surface area contributed by atoms with Gasteiger partial charge in [-0.15, -0.1) is 0 Å². The molecule has 1 saturated heterocycles. The Morgan fingerprint density at radius 3 is 2.95 bits per heavy atom. The second-order valence-corrected chi connectivity index (χ2v) is 5.75. The first kappa shape index (κ1) is 14.3. The lowest BCUT2D eigenvalue weighted by atomic mass is 10.1. The Bertz CT molecular complexity index is 471. The Hall–Kier alpha value is -1.14. The van der Waals surface area contributed by atoms with Gasteiger partial charge in [-0.1, -0.05) is 0 Å². The van der Waals surface area contributed by atoms with Crippen LogP contribution in [-0.2, 0) is 0 Å². The van der Waals surface area contributed by atoms with Gasteiger partial charge in [0, 0.05) is 27.8 Å². The van der Waals surface area contributed by atoms with E-state index in [1.165, 1.54) is 0 Å². The molecule has 1 aliphatic heterocycles. The average Bonchev–Trinajstić information content (AvgIpc) is 2.61. The van der Waals surface area contributed by atoms with Gasteiger partial charge in [0.1, 0.15) is 0 Å². The molecular formula is C13H18BrN3O2.